The summed E-state index contributed by atoms with van der Waals surface area (Å²) in [6, 6.07) is 3.96. The SMILES string of the molecule is CCc1cn([Si](CC)(CC)CC)cn1. The third kappa shape index (κ3) is 1.92. The standard InChI is InChI=1S/C11H22N2Si/c1-5-11-9-13(10-12-11)14(6-2,7-3)8-4/h9-10H,5-8H2,1-4H3. The molecule has 0 saturated carbocycles. The second-order valence-electron chi connectivity index (χ2n) is 3.91. The highest BCUT2D eigenvalue weighted by Crippen LogP contribution is 2.22. The van der Waals surface area contributed by atoms with Crippen LogP contribution < -0.4 is 0 Å². The van der Waals surface area contributed by atoms with Crippen molar-refractivity contribution in [3.63, 3.8) is 0 Å². The van der Waals surface area contributed by atoms with Crippen LogP contribution in [0.5, 0.6) is 0 Å². The van der Waals surface area contributed by atoms with Crippen molar-refractivity contribution in [1.29, 1.82) is 0 Å². The Balaban J connectivity index is 2.98. The smallest absolute Gasteiger partial charge is 0.162 e. The fraction of sp³-hybridized carbons (Fsp3) is 0.727. The summed E-state index contributed by atoms with van der Waals surface area (Å²) in [5, 5.41) is 0. The van der Waals surface area contributed by atoms with Gasteiger partial charge in [0.15, 0.2) is 8.24 Å². The normalized spacial score (nSPS) is 12.0. The number of imidazole rings is 1. The van der Waals surface area contributed by atoms with Crippen LogP contribution in [0.4, 0.5) is 0 Å². The Kier molecular flexibility index (Phi) is 3.93. The molecule has 0 N–H and O–H groups in total. The van der Waals surface area contributed by atoms with Gasteiger partial charge < -0.3 is 4.23 Å². The third-order valence-corrected chi connectivity index (χ3v) is 8.81. The fourth-order valence-corrected chi connectivity index (χ4v) is 5.42. The van der Waals surface area contributed by atoms with Crippen molar-refractivity contribution in [1.82, 2.24) is 9.22 Å². The van der Waals surface area contributed by atoms with Crippen molar-refractivity contribution in [2.24, 2.45) is 0 Å². The molecule has 0 aliphatic carbocycles. The molecule has 0 fully saturated rings. The lowest BCUT2D eigenvalue weighted by atomic mass is 10.4. The molecule has 0 bridgehead atoms. The van der Waals surface area contributed by atoms with Crippen LogP contribution in [-0.2, 0) is 6.42 Å². The number of aromatic nitrogens is 2. The highest BCUT2D eigenvalue weighted by atomic mass is 28.3. The topological polar surface area (TPSA) is 17.8 Å². The number of rotatable bonds is 5. The molecular formula is C11H22N2Si. The third-order valence-electron chi connectivity index (χ3n) is 3.52. The first kappa shape index (κ1) is 11.5. The fourth-order valence-electron chi connectivity index (χ4n) is 2.10. The van der Waals surface area contributed by atoms with E-state index < -0.39 is 8.24 Å². The van der Waals surface area contributed by atoms with Gasteiger partial charge in [0, 0.05) is 6.20 Å². The maximum atomic E-state index is 4.44. The molecule has 80 valence electrons. The molecule has 14 heavy (non-hydrogen) atoms. The molecule has 0 saturated heterocycles. The van der Waals surface area contributed by atoms with E-state index in [4.69, 9.17) is 0 Å². The van der Waals surface area contributed by atoms with Gasteiger partial charge in [-0.25, -0.2) is 4.98 Å². The Hall–Kier alpha value is -0.573. The molecule has 0 unspecified atom stereocenters. The van der Waals surface area contributed by atoms with Crippen molar-refractivity contribution in [2.45, 2.75) is 52.2 Å². The van der Waals surface area contributed by atoms with Crippen molar-refractivity contribution < 1.29 is 0 Å². The van der Waals surface area contributed by atoms with Crippen LogP contribution in [0.2, 0.25) is 18.1 Å². The first-order valence-electron chi connectivity index (χ1n) is 5.75. The number of hydrogen-bond donors (Lipinski definition) is 0. The van der Waals surface area contributed by atoms with E-state index in [2.05, 4.69) is 49.4 Å². The lowest BCUT2D eigenvalue weighted by molar-refractivity contribution is 1.00. The van der Waals surface area contributed by atoms with Crippen LogP contribution in [0.25, 0.3) is 0 Å². The molecule has 0 aliphatic rings. The molecule has 0 aromatic carbocycles. The summed E-state index contributed by atoms with van der Waals surface area (Å²) in [5.41, 5.74) is 1.23. The zero-order chi connectivity index (χ0) is 10.6. The van der Waals surface area contributed by atoms with Gasteiger partial charge in [-0.2, -0.15) is 0 Å². The van der Waals surface area contributed by atoms with Crippen molar-refractivity contribution >= 4 is 8.24 Å². The summed E-state index contributed by atoms with van der Waals surface area (Å²) in [6.45, 7) is 9.14. The molecule has 0 atom stereocenters. The summed E-state index contributed by atoms with van der Waals surface area (Å²) in [5.74, 6) is 0. The monoisotopic (exact) mass is 210 g/mol. The van der Waals surface area contributed by atoms with E-state index in [1.54, 1.807) is 0 Å². The first-order chi connectivity index (χ1) is 6.72. The van der Waals surface area contributed by atoms with Crippen molar-refractivity contribution in [3.05, 3.63) is 18.2 Å². The minimum Gasteiger partial charge on any atom is -0.364 e. The summed E-state index contributed by atoms with van der Waals surface area (Å²) in [4.78, 5) is 4.44. The Morgan fingerprint density at radius 1 is 1.14 bits per heavy atom. The Morgan fingerprint density at radius 2 is 1.71 bits per heavy atom. The lowest BCUT2D eigenvalue weighted by Gasteiger charge is -2.29. The van der Waals surface area contributed by atoms with Crippen molar-refractivity contribution in [2.75, 3.05) is 0 Å². The average Bonchev–Trinajstić information content (AvgIpc) is 2.71. The van der Waals surface area contributed by atoms with Gasteiger partial charge in [-0.3, -0.25) is 0 Å². The van der Waals surface area contributed by atoms with Crippen LogP contribution in [0, 0.1) is 0 Å². The van der Waals surface area contributed by atoms with E-state index in [9.17, 15) is 0 Å². The quantitative estimate of drug-likeness (QED) is 0.682. The van der Waals surface area contributed by atoms with Crippen LogP contribution >= 0.6 is 0 Å². The molecule has 2 nitrogen and oxygen atoms in total. The van der Waals surface area contributed by atoms with Gasteiger partial charge in [-0.05, 0) is 24.6 Å². The molecule has 0 aliphatic heterocycles. The number of aryl methyl sites for hydroxylation is 1. The number of nitrogens with zero attached hydrogens (tertiary/aromatic N) is 2. The van der Waals surface area contributed by atoms with E-state index in [0.717, 1.165) is 6.42 Å². The molecule has 1 heterocycles. The van der Waals surface area contributed by atoms with Crippen LogP contribution in [-0.4, -0.2) is 17.5 Å². The van der Waals surface area contributed by atoms with Gasteiger partial charge in [0.1, 0.15) is 0 Å². The molecule has 0 amide bonds. The average molecular weight is 210 g/mol. The highest BCUT2D eigenvalue weighted by Gasteiger charge is 2.29. The number of hydrogen-bond acceptors (Lipinski definition) is 1. The van der Waals surface area contributed by atoms with Gasteiger partial charge in [0.25, 0.3) is 0 Å². The zero-order valence-corrected chi connectivity index (χ0v) is 10.9. The lowest BCUT2D eigenvalue weighted by Crippen LogP contribution is -2.40. The second kappa shape index (κ2) is 4.78. The van der Waals surface area contributed by atoms with E-state index in [1.165, 1.54) is 23.8 Å². The molecule has 1 aromatic heterocycles. The first-order valence-corrected chi connectivity index (χ1v) is 8.32. The van der Waals surface area contributed by atoms with Gasteiger partial charge in [0.2, 0.25) is 0 Å². The van der Waals surface area contributed by atoms with Crippen LogP contribution in [0.3, 0.4) is 0 Å². The predicted octanol–water partition coefficient (Wildman–Crippen LogP) is 3.30. The Morgan fingerprint density at radius 3 is 2.07 bits per heavy atom. The molecule has 0 radical (unpaired) electrons. The summed E-state index contributed by atoms with van der Waals surface area (Å²) < 4.78 is 2.45. The Bertz CT molecular complexity index is 268. The maximum absolute atomic E-state index is 4.44. The zero-order valence-electron chi connectivity index (χ0n) is 9.88. The van der Waals surface area contributed by atoms with E-state index >= 15 is 0 Å². The van der Waals surface area contributed by atoms with Gasteiger partial charge in [0.05, 0.1) is 12.0 Å². The van der Waals surface area contributed by atoms with Crippen LogP contribution in [0.15, 0.2) is 12.5 Å². The van der Waals surface area contributed by atoms with Crippen LogP contribution in [0.1, 0.15) is 33.4 Å². The van der Waals surface area contributed by atoms with Gasteiger partial charge >= 0.3 is 0 Å². The summed E-state index contributed by atoms with van der Waals surface area (Å²) in [7, 11) is -1.23. The van der Waals surface area contributed by atoms with E-state index in [0.29, 0.717) is 0 Å². The Labute approximate surface area is 88.5 Å². The van der Waals surface area contributed by atoms with Crippen molar-refractivity contribution in [3.8, 4) is 0 Å². The largest absolute Gasteiger partial charge is 0.364 e. The maximum Gasteiger partial charge on any atom is 0.162 e. The second-order valence-corrected chi connectivity index (χ2v) is 9.00. The highest BCUT2D eigenvalue weighted by molar-refractivity contribution is 6.78. The summed E-state index contributed by atoms with van der Waals surface area (Å²) >= 11 is 0. The molecule has 1 rings (SSSR count). The minimum absolute atomic E-state index is 1.05. The minimum atomic E-state index is -1.23. The molecule has 1 aromatic rings. The van der Waals surface area contributed by atoms with E-state index in [1.807, 2.05) is 0 Å². The molecule has 3 heteroatoms. The molecule has 0 spiro atoms. The van der Waals surface area contributed by atoms with Gasteiger partial charge in [-0.15, -0.1) is 0 Å². The predicted molar refractivity (Wildman–Crippen MR) is 64.2 cm³/mol. The molecular weight excluding hydrogens is 188 g/mol. The van der Waals surface area contributed by atoms with Gasteiger partial charge in [-0.1, -0.05) is 27.7 Å². The summed E-state index contributed by atoms with van der Waals surface area (Å²) in [6.07, 6.45) is 5.37. The van der Waals surface area contributed by atoms with E-state index in [-0.39, 0.29) is 0 Å².